The zero-order valence-corrected chi connectivity index (χ0v) is 10.0. The molecule has 0 spiro atoms. The van der Waals surface area contributed by atoms with Gasteiger partial charge in [0, 0.05) is 12.3 Å². The Labute approximate surface area is 98.9 Å². The molecule has 84 valence electrons. The number of hydrogen-bond acceptors (Lipinski definition) is 4. The topological polar surface area (TPSA) is 43.1 Å². The molecule has 0 N–H and O–H groups in total. The van der Waals surface area contributed by atoms with Crippen molar-refractivity contribution in [3.63, 3.8) is 0 Å². The molecule has 1 aliphatic carbocycles. The number of dihydropyridines is 1. The lowest BCUT2D eigenvalue weighted by Gasteiger charge is -2.14. The molecule has 0 saturated heterocycles. The quantitative estimate of drug-likeness (QED) is 0.752. The number of hydrogen-bond donors (Lipinski definition) is 0. The van der Waals surface area contributed by atoms with Gasteiger partial charge in [-0.05, 0) is 25.2 Å². The Morgan fingerprint density at radius 1 is 1.38 bits per heavy atom. The van der Waals surface area contributed by atoms with Gasteiger partial charge in [-0.1, -0.05) is 17.8 Å². The van der Waals surface area contributed by atoms with E-state index >= 15 is 0 Å². The van der Waals surface area contributed by atoms with Crippen LogP contribution in [0.2, 0.25) is 0 Å². The van der Waals surface area contributed by atoms with Gasteiger partial charge >= 0.3 is 0 Å². The molecule has 0 amide bonds. The van der Waals surface area contributed by atoms with Gasteiger partial charge in [0.2, 0.25) is 0 Å². The van der Waals surface area contributed by atoms with Crippen molar-refractivity contribution in [3.05, 3.63) is 18.0 Å². The van der Waals surface area contributed by atoms with Crippen LogP contribution in [-0.2, 0) is 0 Å². The van der Waals surface area contributed by atoms with E-state index in [1.807, 2.05) is 12.3 Å². The largest absolute Gasteiger partial charge is 0.302 e. The van der Waals surface area contributed by atoms with E-state index in [9.17, 15) is 0 Å². The van der Waals surface area contributed by atoms with Gasteiger partial charge in [-0.25, -0.2) is 0 Å². The summed E-state index contributed by atoms with van der Waals surface area (Å²) < 4.78 is 2.31. The fourth-order valence-electron chi connectivity index (χ4n) is 2.00. The molecule has 1 unspecified atom stereocenters. The molecule has 1 fully saturated rings. The summed E-state index contributed by atoms with van der Waals surface area (Å²) in [5, 5.41) is 9.64. The Balaban J connectivity index is 1.96. The van der Waals surface area contributed by atoms with Gasteiger partial charge in [-0.2, -0.15) is 0 Å². The fraction of sp³-hybridized carbons (Fsp3) is 0.545. The van der Waals surface area contributed by atoms with E-state index in [0.717, 1.165) is 17.5 Å². The molecule has 1 aromatic heterocycles. The van der Waals surface area contributed by atoms with E-state index in [1.54, 1.807) is 11.8 Å². The predicted octanol–water partition coefficient (Wildman–Crippen LogP) is 2.06. The second kappa shape index (κ2) is 4.05. The van der Waals surface area contributed by atoms with Crippen molar-refractivity contribution in [1.82, 2.24) is 14.8 Å². The summed E-state index contributed by atoms with van der Waals surface area (Å²) in [5.74, 6) is 1.39. The Kier molecular flexibility index (Phi) is 2.55. The summed E-state index contributed by atoms with van der Waals surface area (Å²) in [5.41, 5.74) is 0. The second-order valence-corrected chi connectivity index (χ2v) is 4.93. The Morgan fingerprint density at radius 2 is 2.25 bits per heavy atom. The van der Waals surface area contributed by atoms with Crippen LogP contribution in [0.15, 0.2) is 22.3 Å². The summed E-state index contributed by atoms with van der Waals surface area (Å²) in [7, 11) is 0. The van der Waals surface area contributed by atoms with Gasteiger partial charge in [-0.3, -0.25) is 4.99 Å². The van der Waals surface area contributed by atoms with Gasteiger partial charge in [0.1, 0.15) is 5.82 Å². The van der Waals surface area contributed by atoms with Crippen LogP contribution in [0, 0.1) is 0 Å². The van der Waals surface area contributed by atoms with Crippen LogP contribution >= 0.6 is 11.8 Å². The maximum absolute atomic E-state index is 4.34. The first-order valence-electron chi connectivity index (χ1n) is 5.55. The third kappa shape index (κ3) is 1.69. The third-order valence-corrected chi connectivity index (χ3v) is 3.60. The van der Waals surface area contributed by atoms with Crippen LogP contribution in [-0.4, -0.2) is 33.8 Å². The summed E-state index contributed by atoms with van der Waals surface area (Å²) in [6.45, 7) is 0.801. The van der Waals surface area contributed by atoms with E-state index in [4.69, 9.17) is 0 Å². The number of allylic oxidation sites excluding steroid dienone is 1. The highest BCUT2D eigenvalue weighted by Gasteiger charge is 2.31. The molecule has 2 heterocycles. The zero-order valence-electron chi connectivity index (χ0n) is 9.21. The maximum atomic E-state index is 4.34. The van der Waals surface area contributed by atoms with Crippen molar-refractivity contribution in [1.29, 1.82) is 0 Å². The molecule has 16 heavy (non-hydrogen) atoms. The lowest BCUT2D eigenvalue weighted by atomic mass is 10.1. The molecule has 1 aliphatic heterocycles. The third-order valence-electron chi connectivity index (χ3n) is 2.95. The van der Waals surface area contributed by atoms with Crippen molar-refractivity contribution in [3.8, 4) is 0 Å². The van der Waals surface area contributed by atoms with E-state index in [1.165, 1.54) is 12.8 Å². The number of thioether (sulfide) groups is 1. The highest BCUT2D eigenvalue weighted by molar-refractivity contribution is 7.98. The number of rotatable bonds is 3. The second-order valence-electron chi connectivity index (χ2n) is 4.15. The smallest absolute Gasteiger partial charge is 0.191 e. The first-order valence-corrected chi connectivity index (χ1v) is 6.78. The van der Waals surface area contributed by atoms with Gasteiger partial charge in [-0.15, -0.1) is 10.2 Å². The lowest BCUT2D eigenvalue weighted by Crippen LogP contribution is -2.11. The molecule has 0 bridgehead atoms. The molecule has 5 heteroatoms. The lowest BCUT2D eigenvalue weighted by molar-refractivity contribution is 0.603. The van der Waals surface area contributed by atoms with Crippen LogP contribution in [0.5, 0.6) is 0 Å². The Bertz CT molecular complexity index is 445. The molecule has 4 nitrogen and oxygen atoms in total. The van der Waals surface area contributed by atoms with Crippen LogP contribution < -0.4 is 0 Å². The highest BCUT2D eigenvalue weighted by atomic mass is 32.2. The summed E-state index contributed by atoms with van der Waals surface area (Å²) in [4.78, 5) is 4.29. The molecule has 1 saturated carbocycles. The summed E-state index contributed by atoms with van der Waals surface area (Å²) in [6, 6.07) is 0.631. The van der Waals surface area contributed by atoms with Crippen molar-refractivity contribution in [2.45, 2.75) is 30.0 Å². The van der Waals surface area contributed by atoms with E-state index in [-0.39, 0.29) is 0 Å². The monoisotopic (exact) mass is 234 g/mol. The minimum Gasteiger partial charge on any atom is -0.302 e. The van der Waals surface area contributed by atoms with Gasteiger partial charge < -0.3 is 4.57 Å². The van der Waals surface area contributed by atoms with E-state index < -0.39 is 0 Å². The van der Waals surface area contributed by atoms with E-state index in [2.05, 4.69) is 32.1 Å². The fourth-order valence-corrected chi connectivity index (χ4v) is 2.57. The van der Waals surface area contributed by atoms with Crippen LogP contribution in [0.3, 0.4) is 0 Å². The highest BCUT2D eigenvalue weighted by Crippen LogP contribution is 2.40. The number of aromatic nitrogens is 3. The standard InChI is InChI=1S/C11H14N4S/c1-16-11-14-13-10(15(11)9-4-5-9)8-3-2-6-12-7-8/h2-3,6,8-9H,4-5,7H2,1H3. The van der Waals surface area contributed by atoms with Crippen LogP contribution in [0.25, 0.3) is 0 Å². The Hall–Kier alpha value is -1.10. The van der Waals surface area contributed by atoms with E-state index in [0.29, 0.717) is 12.0 Å². The average molecular weight is 234 g/mol. The van der Waals surface area contributed by atoms with Crippen molar-refractivity contribution < 1.29 is 0 Å². The minimum absolute atomic E-state index is 0.305. The number of aliphatic imine (C=N–C) groups is 1. The van der Waals surface area contributed by atoms with Gasteiger partial charge in [0.25, 0.3) is 0 Å². The van der Waals surface area contributed by atoms with Crippen molar-refractivity contribution >= 4 is 18.0 Å². The molecule has 1 aromatic rings. The normalized spacial score (nSPS) is 23.9. The summed E-state index contributed by atoms with van der Waals surface area (Å²) in [6.07, 6.45) is 10.6. The molecule has 0 radical (unpaired) electrons. The van der Waals surface area contributed by atoms with Crippen LogP contribution in [0.1, 0.15) is 30.6 Å². The first kappa shape index (κ1) is 10.1. The number of nitrogens with zero attached hydrogens (tertiary/aromatic N) is 4. The zero-order chi connectivity index (χ0) is 11.0. The van der Waals surface area contributed by atoms with Gasteiger partial charge in [0.05, 0.1) is 12.5 Å². The average Bonchev–Trinajstić information content (AvgIpc) is 3.09. The molecule has 2 aliphatic rings. The summed E-state index contributed by atoms with van der Waals surface area (Å²) >= 11 is 1.68. The molecule has 3 rings (SSSR count). The van der Waals surface area contributed by atoms with Crippen LogP contribution in [0.4, 0.5) is 0 Å². The molecular weight excluding hydrogens is 220 g/mol. The van der Waals surface area contributed by atoms with Gasteiger partial charge in [0.15, 0.2) is 5.16 Å². The molecular formula is C11H14N4S. The molecule has 1 atom stereocenters. The predicted molar refractivity (Wildman–Crippen MR) is 65.3 cm³/mol. The Morgan fingerprint density at radius 3 is 2.88 bits per heavy atom. The van der Waals surface area contributed by atoms with Crippen molar-refractivity contribution in [2.75, 3.05) is 12.8 Å². The molecule has 0 aromatic carbocycles. The SMILES string of the molecule is CSc1nnc(C2C=CC=NC2)n1C1CC1. The first-order chi connectivity index (χ1) is 7.90. The van der Waals surface area contributed by atoms with Crippen molar-refractivity contribution in [2.24, 2.45) is 4.99 Å². The maximum Gasteiger partial charge on any atom is 0.191 e. The minimum atomic E-state index is 0.305.